The molecule has 0 atom stereocenters. The number of amides is 1. The van der Waals surface area contributed by atoms with E-state index in [-0.39, 0.29) is 16.2 Å². The minimum Gasteiger partial charge on any atom is -0.389 e. The Morgan fingerprint density at radius 1 is 1.19 bits per heavy atom. The number of sulfonamides is 1. The Morgan fingerprint density at radius 3 is 2.39 bits per heavy atom. The monoisotopic (exact) mass is 472 g/mol. The van der Waals surface area contributed by atoms with Crippen LogP contribution in [0.4, 0.5) is 18.9 Å². The summed E-state index contributed by atoms with van der Waals surface area (Å²) < 4.78 is 61.2. The van der Waals surface area contributed by atoms with Gasteiger partial charge in [0.1, 0.15) is 11.6 Å². The highest BCUT2D eigenvalue weighted by atomic mass is 35.5. The zero-order valence-corrected chi connectivity index (χ0v) is 17.3. The maximum Gasteiger partial charge on any atom is 0.417 e. The summed E-state index contributed by atoms with van der Waals surface area (Å²) in [7, 11) is -3.78. The van der Waals surface area contributed by atoms with Crippen LogP contribution >= 0.6 is 11.6 Å². The molecule has 1 amide bonds. The Labute approximate surface area is 181 Å². The molecule has 0 saturated heterocycles. The third-order valence-electron chi connectivity index (χ3n) is 3.95. The summed E-state index contributed by atoms with van der Waals surface area (Å²) in [4.78, 5) is 12.1. The maximum atomic E-state index is 12.9. The molecule has 0 bridgehead atoms. The molecule has 0 aliphatic carbocycles. The first-order valence-electron chi connectivity index (χ1n) is 8.55. The van der Waals surface area contributed by atoms with E-state index in [0.29, 0.717) is 19.0 Å². The Kier molecular flexibility index (Phi) is 7.67. The van der Waals surface area contributed by atoms with E-state index in [1.165, 1.54) is 18.2 Å². The highest BCUT2D eigenvalue weighted by Gasteiger charge is 2.33. The Hall–Kier alpha value is -3.07. The van der Waals surface area contributed by atoms with Crippen LogP contribution in [0.3, 0.4) is 0 Å². The van der Waals surface area contributed by atoms with Gasteiger partial charge in [0.05, 0.1) is 15.5 Å². The molecular formula is C19H16ClF3N4O3S. The molecule has 0 saturated carbocycles. The Balaban J connectivity index is 1.98. The van der Waals surface area contributed by atoms with Gasteiger partial charge in [0.15, 0.2) is 0 Å². The molecule has 0 spiro atoms. The largest absolute Gasteiger partial charge is 0.417 e. The number of hydrogen-bond acceptors (Lipinski definition) is 5. The van der Waals surface area contributed by atoms with Crippen LogP contribution in [0.2, 0.25) is 5.02 Å². The average Bonchev–Trinajstić information content (AvgIpc) is 2.68. The second kappa shape index (κ2) is 9.82. The van der Waals surface area contributed by atoms with Gasteiger partial charge in [0.2, 0.25) is 10.0 Å². The van der Waals surface area contributed by atoms with Crippen LogP contribution in [0.1, 0.15) is 11.1 Å². The van der Waals surface area contributed by atoms with E-state index in [2.05, 4.69) is 10.6 Å². The summed E-state index contributed by atoms with van der Waals surface area (Å²) in [5, 5.41) is 18.6. The minimum absolute atomic E-state index is 0.0246. The van der Waals surface area contributed by atoms with Crippen LogP contribution < -0.4 is 15.8 Å². The highest BCUT2D eigenvalue weighted by molar-refractivity contribution is 7.89. The molecule has 0 fully saturated rings. The van der Waals surface area contributed by atoms with Gasteiger partial charge in [-0.1, -0.05) is 23.7 Å². The standard InChI is InChI=1S/C19H16ClF3N4O3S/c20-17-6-3-14(9-16(17)19(21,22)23)27-18(28)13(10-24)11-26-8-7-12-1-4-15(5-2-12)31(25,29)30/h1-6,9,11,26H,7-8H2,(H,27,28)(H2,25,29,30)/b13-11-. The minimum atomic E-state index is -4.69. The molecular weight excluding hydrogens is 457 g/mol. The van der Waals surface area contributed by atoms with Crippen molar-refractivity contribution >= 4 is 33.2 Å². The summed E-state index contributed by atoms with van der Waals surface area (Å²) in [6, 6.07) is 10.4. The number of carbonyl (C=O) groups excluding carboxylic acids is 1. The number of nitriles is 1. The van der Waals surface area contributed by atoms with E-state index in [1.807, 2.05) is 0 Å². The van der Waals surface area contributed by atoms with Crippen molar-refractivity contribution in [2.75, 3.05) is 11.9 Å². The van der Waals surface area contributed by atoms with Crippen molar-refractivity contribution in [3.63, 3.8) is 0 Å². The Bertz CT molecular complexity index is 1140. The number of nitrogens with zero attached hydrogens (tertiary/aromatic N) is 1. The van der Waals surface area contributed by atoms with Crippen LogP contribution in [-0.2, 0) is 27.4 Å². The second-order valence-electron chi connectivity index (χ2n) is 6.21. The molecule has 2 aromatic rings. The summed E-state index contributed by atoms with van der Waals surface area (Å²) in [6.07, 6.45) is -3.12. The quantitative estimate of drug-likeness (QED) is 0.324. The number of carbonyl (C=O) groups is 1. The highest BCUT2D eigenvalue weighted by Crippen LogP contribution is 2.36. The van der Waals surface area contributed by atoms with Crippen molar-refractivity contribution in [2.45, 2.75) is 17.5 Å². The van der Waals surface area contributed by atoms with Gasteiger partial charge in [-0.25, -0.2) is 13.6 Å². The average molecular weight is 473 g/mol. The summed E-state index contributed by atoms with van der Waals surface area (Å²) in [6.45, 7) is 0.298. The molecule has 12 heteroatoms. The summed E-state index contributed by atoms with van der Waals surface area (Å²) >= 11 is 5.53. The van der Waals surface area contributed by atoms with Crippen molar-refractivity contribution < 1.29 is 26.4 Å². The van der Waals surface area contributed by atoms with Crippen LogP contribution in [-0.4, -0.2) is 20.9 Å². The number of primary sulfonamides is 1. The fraction of sp³-hybridized carbons (Fsp3) is 0.158. The van der Waals surface area contributed by atoms with Crippen molar-refractivity contribution in [1.82, 2.24) is 5.32 Å². The number of nitrogens with two attached hydrogens (primary N) is 1. The Morgan fingerprint density at radius 2 is 1.84 bits per heavy atom. The molecule has 31 heavy (non-hydrogen) atoms. The van der Waals surface area contributed by atoms with Crippen LogP contribution in [0.5, 0.6) is 0 Å². The van der Waals surface area contributed by atoms with E-state index in [4.69, 9.17) is 22.0 Å². The lowest BCUT2D eigenvalue weighted by Crippen LogP contribution is -2.18. The van der Waals surface area contributed by atoms with Gasteiger partial charge in [-0.05, 0) is 42.3 Å². The number of hydrogen-bond donors (Lipinski definition) is 3. The third-order valence-corrected chi connectivity index (χ3v) is 5.21. The summed E-state index contributed by atoms with van der Waals surface area (Å²) in [5.74, 6) is -0.900. The normalized spacial score (nSPS) is 12.2. The molecule has 0 unspecified atom stereocenters. The lowest BCUT2D eigenvalue weighted by Gasteiger charge is -2.11. The fourth-order valence-electron chi connectivity index (χ4n) is 2.40. The molecule has 0 heterocycles. The number of benzene rings is 2. The van der Waals surface area contributed by atoms with Gasteiger partial charge >= 0.3 is 6.18 Å². The van der Waals surface area contributed by atoms with E-state index >= 15 is 0 Å². The van der Waals surface area contributed by atoms with E-state index in [9.17, 15) is 26.4 Å². The number of nitrogens with one attached hydrogen (secondary N) is 2. The molecule has 0 aromatic heterocycles. The molecule has 2 rings (SSSR count). The number of halogens is 4. The molecule has 0 aliphatic rings. The van der Waals surface area contributed by atoms with Crippen molar-refractivity contribution in [3.8, 4) is 6.07 Å². The topological polar surface area (TPSA) is 125 Å². The van der Waals surface area contributed by atoms with Gasteiger partial charge in [0.25, 0.3) is 5.91 Å². The first-order valence-corrected chi connectivity index (χ1v) is 10.5. The van der Waals surface area contributed by atoms with E-state index < -0.39 is 32.7 Å². The van der Waals surface area contributed by atoms with Gasteiger partial charge in [0, 0.05) is 18.4 Å². The fourth-order valence-corrected chi connectivity index (χ4v) is 3.14. The van der Waals surface area contributed by atoms with Crippen molar-refractivity contribution in [1.29, 1.82) is 5.26 Å². The second-order valence-corrected chi connectivity index (χ2v) is 8.18. The van der Waals surface area contributed by atoms with E-state index in [0.717, 1.165) is 17.8 Å². The third kappa shape index (κ3) is 6.99. The summed E-state index contributed by atoms with van der Waals surface area (Å²) in [5.41, 5.74) is -0.857. The lowest BCUT2D eigenvalue weighted by molar-refractivity contribution is -0.137. The van der Waals surface area contributed by atoms with Gasteiger partial charge < -0.3 is 10.6 Å². The number of alkyl halides is 3. The van der Waals surface area contributed by atoms with Gasteiger partial charge in [-0.2, -0.15) is 18.4 Å². The smallest absolute Gasteiger partial charge is 0.389 e. The first kappa shape index (κ1) is 24.2. The number of rotatable bonds is 7. The maximum absolute atomic E-state index is 12.9. The predicted molar refractivity (Wildman–Crippen MR) is 108 cm³/mol. The van der Waals surface area contributed by atoms with E-state index in [1.54, 1.807) is 18.2 Å². The van der Waals surface area contributed by atoms with Gasteiger partial charge in [-0.3, -0.25) is 4.79 Å². The first-order chi connectivity index (χ1) is 14.4. The predicted octanol–water partition coefficient (Wildman–Crippen LogP) is 3.18. The van der Waals surface area contributed by atoms with Crippen LogP contribution in [0.25, 0.3) is 0 Å². The molecule has 0 radical (unpaired) electrons. The SMILES string of the molecule is N#C/C(=C/NCCc1ccc(S(N)(=O)=O)cc1)C(=O)Nc1ccc(Cl)c(C(F)(F)F)c1. The van der Waals surface area contributed by atoms with Crippen LogP contribution in [0, 0.1) is 11.3 Å². The van der Waals surface area contributed by atoms with Crippen LogP contribution in [0.15, 0.2) is 59.1 Å². The zero-order chi connectivity index (χ0) is 23.2. The molecule has 2 aromatic carbocycles. The molecule has 164 valence electrons. The van der Waals surface area contributed by atoms with Crippen molar-refractivity contribution in [2.24, 2.45) is 5.14 Å². The van der Waals surface area contributed by atoms with Crippen molar-refractivity contribution in [3.05, 3.63) is 70.4 Å². The lowest BCUT2D eigenvalue weighted by atomic mass is 10.1. The molecule has 7 nitrogen and oxygen atoms in total. The van der Waals surface area contributed by atoms with Gasteiger partial charge in [-0.15, -0.1) is 0 Å². The molecule has 0 aliphatic heterocycles. The molecule has 4 N–H and O–H groups in total. The number of anilines is 1. The zero-order valence-electron chi connectivity index (χ0n) is 15.7.